The number of halogens is 1. The Hall–Kier alpha value is -1.23. The van der Waals surface area contributed by atoms with E-state index in [-0.39, 0.29) is 24.4 Å². The van der Waals surface area contributed by atoms with Crippen molar-refractivity contribution in [3.63, 3.8) is 0 Å². The van der Waals surface area contributed by atoms with Crippen LogP contribution in [0.5, 0.6) is 0 Å². The molecular formula is C11H16FN3O. The molecule has 5 heteroatoms. The topological polar surface area (TPSA) is 58.0 Å². The molecule has 1 fully saturated rings. The van der Waals surface area contributed by atoms with Crippen molar-refractivity contribution in [1.82, 2.24) is 9.97 Å². The zero-order chi connectivity index (χ0) is 11.5. The fourth-order valence-corrected chi connectivity index (χ4v) is 2.18. The van der Waals surface area contributed by atoms with Gasteiger partial charge in [-0.3, -0.25) is 0 Å². The third-order valence-electron chi connectivity index (χ3n) is 3.18. The summed E-state index contributed by atoms with van der Waals surface area (Å²) in [5.41, 5.74) is 0.344. The first-order valence-electron chi connectivity index (χ1n) is 5.57. The lowest BCUT2D eigenvalue weighted by molar-refractivity contribution is 0.222. The number of aryl methyl sites for hydroxylation is 1. The number of rotatable bonds is 3. The molecule has 1 aromatic heterocycles. The zero-order valence-electron chi connectivity index (χ0n) is 9.28. The van der Waals surface area contributed by atoms with Crippen LogP contribution < -0.4 is 5.32 Å². The van der Waals surface area contributed by atoms with Crippen LogP contribution in [0.2, 0.25) is 0 Å². The number of anilines is 1. The van der Waals surface area contributed by atoms with Gasteiger partial charge in [0.15, 0.2) is 11.6 Å². The van der Waals surface area contributed by atoms with Crippen molar-refractivity contribution in [2.24, 2.45) is 5.92 Å². The third-order valence-corrected chi connectivity index (χ3v) is 3.18. The second kappa shape index (κ2) is 4.74. The Morgan fingerprint density at radius 3 is 3.06 bits per heavy atom. The molecule has 1 aromatic rings. The Labute approximate surface area is 93.9 Å². The predicted octanol–water partition coefficient (Wildman–Crippen LogP) is 1.50. The minimum Gasteiger partial charge on any atom is -0.396 e. The van der Waals surface area contributed by atoms with Crippen LogP contribution >= 0.6 is 0 Å². The summed E-state index contributed by atoms with van der Waals surface area (Å²) in [4.78, 5) is 7.67. The second-order valence-corrected chi connectivity index (χ2v) is 4.25. The monoisotopic (exact) mass is 225 g/mol. The third kappa shape index (κ3) is 2.14. The Kier molecular flexibility index (Phi) is 3.33. The van der Waals surface area contributed by atoms with Crippen LogP contribution in [0.4, 0.5) is 10.2 Å². The standard InChI is InChI=1S/C11H16FN3O/c1-7-10(12)11(14-6-13-7)15-9-4-2-3-8(9)5-16/h6,8-9,16H,2-5H2,1H3,(H,13,14,15). The van der Waals surface area contributed by atoms with Crippen molar-refractivity contribution < 1.29 is 9.50 Å². The van der Waals surface area contributed by atoms with Crippen molar-refractivity contribution >= 4 is 5.82 Å². The molecule has 0 aromatic carbocycles. The number of nitrogens with zero attached hydrogens (tertiary/aromatic N) is 2. The van der Waals surface area contributed by atoms with Gasteiger partial charge in [0.2, 0.25) is 0 Å². The summed E-state index contributed by atoms with van der Waals surface area (Å²) in [6, 6.07) is 0.119. The molecule has 1 aliphatic carbocycles. The normalized spacial score (nSPS) is 24.7. The molecule has 1 saturated carbocycles. The van der Waals surface area contributed by atoms with E-state index < -0.39 is 5.82 Å². The van der Waals surface area contributed by atoms with Gasteiger partial charge in [-0.2, -0.15) is 0 Å². The van der Waals surface area contributed by atoms with Gasteiger partial charge in [-0.05, 0) is 19.8 Å². The number of hydrogen-bond donors (Lipinski definition) is 2. The summed E-state index contributed by atoms with van der Waals surface area (Å²) in [7, 11) is 0. The van der Waals surface area contributed by atoms with E-state index in [1.807, 2.05) is 0 Å². The van der Waals surface area contributed by atoms with Gasteiger partial charge in [0.1, 0.15) is 6.33 Å². The molecule has 0 bridgehead atoms. The largest absolute Gasteiger partial charge is 0.396 e. The first-order valence-corrected chi connectivity index (χ1v) is 5.57. The molecule has 2 rings (SSSR count). The maximum Gasteiger partial charge on any atom is 0.186 e. The average molecular weight is 225 g/mol. The molecule has 1 heterocycles. The van der Waals surface area contributed by atoms with Crippen LogP contribution in [0.3, 0.4) is 0 Å². The highest BCUT2D eigenvalue weighted by Gasteiger charge is 2.27. The average Bonchev–Trinajstić information content (AvgIpc) is 2.72. The van der Waals surface area contributed by atoms with Crippen molar-refractivity contribution in [3.05, 3.63) is 17.8 Å². The molecule has 2 N–H and O–H groups in total. The maximum atomic E-state index is 13.6. The van der Waals surface area contributed by atoms with Gasteiger partial charge in [0.05, 0.1) is 5.69 Å². The van der Waals surface area contributed by atoms with Gasteiger partial charge in [-0.1, -0.05) is 6.42 Å². The minimum absolute atomic E-state index is 0.119. The van der Waals surface area contributed by atoms with Gasteiger partial charge in [0.25, 0.3) is 0 Å². The van der Waals surface area contributed by atoms with Crippen LogP contribution in [0.1, 0.15) is 25.0 Å². The molecule has 4 nitrogen and oxygen atoms in total. The Bertz CT molecular complexity index is 372. The summed E-state index contributed by atoms with van der Waals surface area (Å²) in [5, 5.41) is 12.2. The first-order chi connectivity index (χ1) is 7.72. The minimum atomic E-state index is -0.397. The first kappa shape index (κ1) is 11.3. The van der Waals surface area contributed by atoms with Gasteiger partial charge < -0.3 is 10.4 Å². The molecule has 2 unspecified atom stereocenters. The van der Waals surface area contributed by atoms with E-state index in [4.69, 9.17) is 0 Å². The summed E-state index contributed by atoms with van der Waals surface area (Å²) >= 11 is 0. The Morgan fingerprint density at radius 2 is 2.31 bits per heavy atom. The van der Waals surface area contributed by atoms with Crippen molar-refractivity contribution in [3.8, 4) is 0 Å². The van der Waals surface area contributed by atoms with Gasteiger partial charge >= 0.3 is 0 Å². The highest BCUT2D eigenvalue weighted by atomic mass is 19.1. The van der Waals surface area contributed by atoms with Crippen molar-refractivity contribution in [2.45, 2.75) is 32.2 Å². The molecule has 0 spiro atoms. The van der Waals surface area contributed by atoms with Crippen LogP contribution in [-0.4, -0.2) is 27.7 Å². The smallest absolute Gasteiger partial charge is 0.186 e. The maximum absolute atomic E-state index is 13.6. The second-order valence-electron chi connectivity index (χ2n) is 4.25. The van der Waals surface area contributed by atoms with Crippen molar-refractivity contribution in [1.29, 1.82) is 0 Å². The Morgan fingerprint density at radius 1 is 1.50 bits per heavy atom. The van der Waals surface area contributed by atoms with Gasteiger partial charge in [-0.25, -0.2) is 14.4 Å². The number of hydrogen-bond acceptors (Lipinski definition) is 4. The molecule has 0 amide bonds. The van der Waals surface area contributed by atoms with Crippen molar-refractivity contribution in [2.75, 3.05) is 11.9 Å². The molecule has 2 atom stereocenters. The highest BCUT2D eigenvalue weighted by Crippen LogP contribution is 2.28. The van der Waals surface area contributed by atoms with E-state index in [1.165, 1.54) is 6.33 Å². The number of nitrogens with one attached hydrogen (secondary N) is 1. The molecular weight excluding hydrogens is 209 g/mol. The predicted molar refractivity (Wildman–Crippen MR) is 58.6 cm³/mol. The lowest BCUT2D eigenvalue weighted by atomic mass is 10.1. The van der Waals surface area contributed by atoms with Crippen LogP contribution in [0, 0.1) is 18.7 Å². The lowest BCUT2D eigenvalue weighted by Gasteiger charge is -2.19. The number of aromatic nitrogens is 2. The fraction of sp³-hybridized carbons (Fsp3) is 0.636. The van der Waals surface area contributed by atoms with Crippen LogP contribution in [0.25, 0.3) is 0 Å². The van der Waals surface area contributed by atoms with E-state index in [2.05, 4.69) is 15.3 Å². The summed E-state index contributed by atoms with van der Waals surface area (Å²) < 4.78 is 13.6. The quantitative estimate of drug-likeness (QED) is 0.818. The summed E-state index contributed by atoms with van der Waals surface area (Å²) in [6.45, 7) is 1.75. The number of aliphatic hydroxyl groups is 1. The van der Waals surface area contributed by atoms with E-state index in [9.17, 15) is 9.50 Å². The molecule has 1 aliphatic rings. The molecule has 88 valence electrons. The van der Waals surface area contributed by atoms with Crippen LogP contribution in [-0.2, 0) is 0 Å². The molecule has 16 heavy (non-hydrogen) atoms. The van der Waals surface area contributed by atoms with E-state index in [0.717, 1.165) is 19.3 Å². The summed E-state index contributed by atoms with van der Waals surface area (Å²) in [5.74, 6) is 0.0543. The Balaban J connectivity index is 2.11. The van der Waals surface area contributed by atoms with E-state index in [1.54, 1.807) is 6.92 Å². The SMILES string of the molecule is Cc1ncnc(NC2CCCC2CO)c1F. The summed E-state index contributed by atoms with van der Waals surface area (Å²) in [6.07, 6.45) is 4.35. The van der Waals surface area contributed by atoms with Gasteiger partial charge in [-0.15, -0.1) is 0 Å². The van der Waals surface area contributed by atoms with E-state index >= 15 is 0 Å². The fourth-order valence-electron chi connectivity index (χ4n) is 2.18. The van der Waals surface area contributed by atoms with Crippen LogP contribution in [0.15, 0.2) is 6.33 Å². The molecule has 0 aliphatic heterocycles. The highest BCUT2D eigenvalue weighted by molar-refractivity contribution is 5.38. The lowest BCUT2D eigenvalue weighted by Crippen LogP contribution is -2.27. The zero-order valence-corrected chi connectivity index (χ0v) is 9.28. The number of aliphatic hydroxyl groups excluding tert-OH is 1. The molecule has 0 radical (unpaired) electrons. The van der Waals surface area contributed by atoms with E-state index in [0.29, 0.717) is 5.69 Å². The molecule has 0 saturated heterocycles. The van der Waals surface area contributed by atoms with Gasteiger partial charge in [0, 0.05) is 18.6 Å².